The molecular weight excluding hydrogens is 186 g/mol. The molecular formula is C12H19N3. The fourth-order valence-electron chi connectivity index (χ4n) is 2.91. The van der Waals surface area contributed by atoms with Crippen LogP contribution in [-0.2, 0) is 7.05 Å². The Bertz CT molecular complexity index is 347. The fraction of sp³-hybridized carbons (Fsp3) is 0.750. The van der Waals surface area contributed by atoms with E-state index in [9.17, 15) is 0 Å². The van der Waals surface area contributed by atoms with Gasteiger partial charge in [-0.25, -0.2) is 0 Å². The third-order valence-electron chi connectivity index (χ3n) is 4.36. The number of nitrogen functional groups attached to an aromatic ring is 1. The van der Waals surface area contributed by atoms with Gasteiger partial charge in [0.15, 0.2) is 0 Å². The lowest BCUT2D eigenvalue weighted by atomic mass is 9.78. The first-order valence-electron chi connectivity index (χ1n) is 5.98. The lowest BCUT2D eigenvalue weighted by molar-refractivity contribution is 0.302. The second-order valence-electron chi connectivity index (χ2n) is 5.39. The maximum Gasteiger partial charge on any atom is 0.121 e. The molecule has 0 aliphatic heterocycles. The highest BCUT2D eigenvalue weighted by atomic mass is 15.3. The van der Waals surface area contributed by atoms with Crippen molar-refractivity contribution in [1.29, 1.82) is 0 Å². The van der Waals surface area contributed by atoms with Gasteiger partial charge in [-0.2, -0.15) is 5.10 Å². The van der Waals surface area contributed by atoms with E-state index in [1.54, 1.807) is 4.68 Å². The van der Waals surface area contributed by atoms with E-state index in [0.717, 1.165) is 11.2 Å². The summed E-state index contributed by atoms with van der Waals surface area (Å²) in [5.41, 5.74) is 7.80. The molecule has 1 spiro atoms. The zero-order valence-electron chi connectivity index (χ0n) is 9.37. The zero-order chi connectivity index (χ0) is 10.5. The number of rotatable bonds is 1. The van der Waals surface area contributed by atoms with Crippen molar-refractivity contribution in [2.75, 3.05) is 5.73 Å². The predicted octanol–water partition coefficient (Wildman–Crippen LogP) is 2.44. The van der Waals surface area contributed by atoms with Gasteiger partial charge in [-0.05, 0) is 43.9 Å². The molecule has 1 aromatic heterocycles. The molecule has 1 aromatic rings. The van der Waals surface area contributed by atoms with Gasteiger partial charge < -0.3 is 5.73 Å². The average molecular weight is 205 g/mol. The van der Waals surface area contributed by atoms with Crippen LogP contribution in [0, 0.1) is 5.41 Å². The molecule has 3 rings (SSSR count). The van der Waals surface area contributed by atoms with Gasteiger partial charge >= 0.3 is 0 Å². The molecule has 2 aliphatic carbocycles. The molecule has 2 aliphatic rings. The second-order valence-corrected chi connectivity index (χ2v) is 5.39. The van der Waals surface area contributed by atoms with Crippen molar-refractivity contribution < 1.29 is 0 Å². The molecule has 0 unspecified atom stereocenters. The van der Waals surface area contributed by atoms with Gasteiger partial charge in [-0.3, -0.25) is 4.68 Å². The fourth-order valence-corrected chi connectivity index (χ4v) is 2.91. The van der Waals surface area contributed by atoms with Crippen molar-refractivity contribution in [3.05, 3.63) is 11.8 Å². The van der Waals surface area contributed by atoms with Crippen molar-refractivity contribution in [1.82, 2.24) is 9.78 Å². The van der Waals surface area contributed by atoms with Gasteiger partial charge in [-0.1, -0.05) is 0 Å². The molecule has 0 saturated heterocycles. The minimum atomic E-state index is 0.666. The van der Waals surface area contributed by atoms with Crippen molar-refractivity contribution in [3.63, 3.8) is 0 Å². The quantitative estimate of drug-likeness (QED) is 0.765. The maximum absolute atomic E-state index is 5.81. The Labute approximate surface area is 90.7 Å². The Morgan fingerprint density at radius 2 is 2.00 bits per heavy atom. The summed E-state index contributed by atoms with van der Waals surface area (Å²) in [5, 5.41) is 4.49. The van der Waals surface area contributed by atoms with Crippen LogP contribution in [0.2, 0.25) is 0 Å². The monoisotopic (exact) mass is 205 g/mol. The number of nitrogens with zero attached hydrogens (tertiary/aromatic N) is 2. The van der Waals surface area contributed by atoms with Crippen LogP contribution in [-0.4, -0.2) is 9.78 Å². The van der Waals surface area contributed by atoms with E-state index in [2.05, 4.69) is 11.2 Å². The lowest BCUT2D eigenvalue weighted by Gasteiger charge is -2.27. The van der Waals surface area contributed by atoms with Crippen molar-refractivity contribution in [2.45, 2.75) is 44.4 Å². The van der Waals surface area contributed by atoms with Crippen LogP contribution in [0.5, 0.6) is 0 Å². The second kappa shape index (κ2) is 3.00. The predicted molar refractivity (Wildman–Crippen MR) is 60.5 cm³/mol. The van der Waals surface area contributed by atoms with Crippen LogP contribution in [0.25, 0.3) is 0 Å². The Morgan fingerprint density at radius 1 is 1.33 bits per heavy atom. The van der Waals surface area contributed by atoms with E-state index in [1.807, 2.05) is 7.05 Å². The number of aromatic nitrogens is 2. The average Bonchev–Trinajstić information content (AvgIpc) is 2.89. The Morgan fingerprint density at radius 3 is 2.47 bits per heavy atom. The molecule has 82 valence electrons. The van der Waals surface area contributed by atoms with Gasteiger partial charge in [0.25, 0.3) is 0 Å². The molecule has 2 N–H and O–H groups in total. The number of aryl methyl sites for hydroxylation is 1. The molecule has 2 saturated carbocycles. The third-order valence-corrected chi connectivity index (χ3v) is 4.36. The highest BCUT2D eigenvalue weighted by molar-refractivity contribution is 5.32. The van der Waals surface area contributed by atoms with Gasteiger partial charge in [-0.15, -0.1) is 0 Å². The summed E-state index contributed by atoms with van der Waals surface area (Å²) in [5.74, 6) is 1.46. The molecule has 2 fully saturated rings. The summed E-state index contributed by atoms with van der Waals surface area (Å²) in [6.07, 6.45) is 8.41. The summed E-state index contributed by atoms with van der Waals surface area (Å²) in [6.45, 7) is 0. The summed E-state index contributed by atoms with van der Waals surface area (Å²) in [4.78, 5) is 0. The highest BCUT2D eigenvalue weighted by Crippen LogP contribution is 2.58. The largest absolute Gasteiger partial charge is 0.384 e. The molecule has 15 heavy (non-hydrogen) atoms. The van der Waals surface area contributed by atoms with Crippen molar-refractivity contribution in [2.24, 2.45) is 12.5 Å². The summed E-state index contributed by atoms with van der Waals surface area (Å²) >= 11 is 0. The summed E-state index contributed by atoms with van der Waals surface area (Å²) < 4.78 is 1.79. The van der Waals surface area contributed by atoms with E-state index in [0.29, 0.717) is 5.92 Å². The lowest BCUT2D eigenvalue weighted by Crippen LogP contribution is -2.14. The first kappa shape index (κ1) is 9.25. The van der Waals surface area contributed by atoms with E-state index < -0.39 is 0 Å². The van der Waals surface area contributed by atoms with Crippen LogP contribution in [0.3, 0.4) is 0 Å². The van der Waals surface area contributed by atoms with Crippen LogP contribution in [0.1, 0.15) is 50.1 Å². The molecule has 0 bridgehead atoms. The van der Waals surface area contributed by atoms with E-state index >= 15 is 0 Å². The molecule has 1 heterocycles. The molecule has 3 heteroatoms. The van der Waals surface area contributed by atoms with E-state index in [4.69, 9.17) is 5.73 Å². The molecule has 0 radical (unpaired) electrons. The van der Waals surface area contributed by atoms with Crippen LogP contribution >= 0.6 is 0 Å². The summed E-state index contributed by atoms with van der Waals surface area (Å²) in [6, 6.07) is 2.05. The molecule has 0 atom stereocenters. The van der Waals surface area contributed by atoms with Crippen LogP contribution in [0.15, 0.2) is 6.07 Å². The van der Waals surface area contributed by atoms with Gasteiger partial charge in [0.05, 0.1) is 5.69 Å². The Balaban J connectivity index is 1.73. The standard InChI is InChI=1S/C12H19N3/c1-15-11(13)8-10(14-15)9-2-4-12(5-3-9)6-7-12/h8-9H,2-7,13H2,1H3. The zero-order valence-corrected chi connectivity index (χ0v) is 9.37. The number of hydrogen-bond acceptors (Lipinski definition) is 2. The Kier molecular flexibility index (Phi) is 1.85. The maximum atomic E-state index is 5.81. The van der Waals surface area contributed by atoms with Crippen LogP contribution < -0.4 is 5.73 Å². The van der Waals surface area contributed by atoms with E-state index in [1.165, 1.54) is 44.2 Å². The smallest absolute Gasteiger partial charge is 0.121 e. The van der Waals surface area contributed by atoms with Gasteiger partial charge in [0.1, 0.15) is 5.82 Å². The number of anilines is 1. The van der Waals surface area contributed by atoms with E-state index in [-0.39, 0.29) is 0 Å². The molecule has 3 nitrogen and oxygen atoms in total. The van der Waals surface area contributed by atoms with Crippen molar-refractivity contribution in [3.8, 4) is 0 Å². The minimum Gasteiger partial charge on any atom is -0.384 e. The number of nitrogens with two attached hydrogens (primary N) is 1. The first-order chi connectivity index (χ1) is 7.19. The minimum absolute atomic E-state index is 0.666. The number of hydrogen-bond donors (Lipinski definition) is 1. The van der Waals surface area contributed by atoms with Crippen LogP contribution in [0.4, 0.5) is 5.82 Å². The highest BCUT2D eigenvalue weighted by Gasteiger charge is 2.45. The SMILES string of the molecule is Cn1nc(C2CCC3(CC2)CC3)cc1N. The molecule has 0 aromatic carbocycles. The van der Waals surface area contributed by atoms with Gasteiger partial charge in [0.2, 0.25) is 0 Å². The molecule has 0 amide bonds. The van der Waals surface area contributed by atoms with Gasteiger partial charge in [0, 0.05) is 19.0 Å². The Hall–Kier alpha value is -0.990. The first-order valence-corrected chi connectivity index (χ1v) is 5.98. The normalized spacial score (nSPS) is 24.6. The summed E-state index contributed by atoms with van der Waals surface area (Å²) in [7, 11) is 1.92. The third kappa shape index (κ3) is 1.54. The van der Waals surface area contributed by atoms with Crippen molar-refractivity contribution >= 4 is 5.82 Å². The topological polar surface area (TPSA) is 43.8 Å².